The average molecular weight is 422 g/mol. The van der Waals surface area contributed by atoms with Crippen LogP contribution < -0.4 is 5.46 Å². The number of fused-ring (bicyclic) bond motifs is 2. The molecule has 154 valence electrons. The van der Waals surface area contributed by atoms with Crippen LogP contribution in [0.25, 0.3) is 17.1 Å². The van der Waals surface area contributed by atoms with E-state index in [-0.39, 0.29) is 11.8 Å². The Kier molecular flexibility index (Phi) is 4.13. The van der Waals surface area contributed by atoms with Crippen LogP contribution in [-0.2, 0) is 6.42 Å². The van der Waals surface area contributed by atoms with Gasteiger partial charge in [-0.05, 0) is 24.3 Å². The van der Waals surface area contributed by atoms with Crippen LogP contribution in [0.4, 0.5) is 0 Å². The van der Waals surface area contributed by atoms with Gasteiger partial charge in [-0.3, -0.25) is 9.78 Å². The molecule has 1 N–H and O–H groups in total. The molecule has 0 aliphatic carbocycles. The molecule has 10 nitrogen and oxygen atoms in total. The second-order valence-electron chi connectivity index (χ2n) is 7.41. The summed E-state index contributed by atoms with van der Waals surface area (Å²) in [7, 11) is 6.11. The molecule has 0 saturated carbocycles. The second kappa shape index (κ2) is 7.15. The Labute approximate surface area is 182 Å². The number of aromatic amines is 1. The molecule has 11 heteroatoms. The predicted octanol–water partition coefficient (Wildman–Crippen LogP) is 1.08. The van der Waals surface area contributed by atoms with Crippen molar-refractivity contribution in [3.63, 3.8) is 0 Å². The molecule has 0 aromatic carbocycles. The summed E-state index contributed by atoms with van der Waals surface area (Å²) in [4.78, 5) is 26.9. The van der Waals surface area contributed by atoms with Gasteiger partial charge in [0.2, 0.25) is 0 Å². The van der Waals surface area contributed by atoms with Gasteiger partial charge in [0, 0.05) is 31.1 Å². The maximum absolute atomic E-state index is 13.5. The fourth-order valence-corrected chi connectivity index (χ4v) is 4.01. The van der Waals surface area contributed by atoms with Crippen LogP contribution in [0.1, 0.15) is 33.8 Å². The normalized spacial score (nSPS) is 15.8. The summed E-state index contributed by atoms with van der Waals surface area (Å²) in [5.74, 6) is -0.329. The number of carbonyl (C=O) groups is 1. The number of rotatable bonds is 3. The van der Waals surface area contributed by atoms with Gasteiger partial charge in [0.25, 0.3) is 5.89 Å². The van der Waals surface area contributed by atoms with E-state index in [0.717, 1.165) is 16.9 Å². The lowest BCUT2D eigenvalue weighted by Crippen LogP contribution is -2.41. The molecule has 5 aromatic heterocycles. The average Bonchev–Trinajstić information content (AvgIpc) is 3.58. The van der Waals surface area contributed by atoms with E-state index < -0.39 is 11.9 Å². The van der Waals surface area contributed by atoms with Crippen LogP contribution in [0.2, 0.25) is 0 Å². The number of H-pyrrole nitrogens is 1. The molecule has 0 saturated heterocycles. The number of pyridine rings is 2. The van der Waals surface area contributed by atoms with Crippen molar-refractivity contribution in [2.75, 3.05) is 6.54 Å². The fourth-order valence-electron chi connectivity index (χ4n) is 4.01. The van der Waals surface area contributed by atoms with E-state index in [1.807, 2.05) is 30.5 Å². The summed E-state index contributed by atoms with van der Waals surface area (Å²) in [6.07, 6.45) is 5.68. The van der Waals surface area contributed by atoms with Crippen molar-refractivity contribution in [1.29, 1.82) is 0 Å². The van der Waals surface area contributed by atoms with Crippen molar-refractivity contribution < 1.29 is 9.21 Å². The van der Waals surface area contributed by atoms with Crippen molar-refractivity contribution in [2.24, 2.45) is 0 Å². The maximum Gasteiger partial charge on any atom is 0.312 e. The molecule has 1 amide bonds. The van der Waals surface area contributed by atoms with E-state index in [9.17, 15) is 4.79 Å². The number of nitrogens with zero attached hydrogens (tertiary/aromatic N) is 7. The summed E-state index contributed by atoms with van der Waals surface area (Å²) < 4.78 is 7.36. The van der Waals surface area contributed by atoms with E-state index in [0.29, 0.717) is 29.8 Å². The molecule has 2 radical (unpaired) electrons. The molecule has 1 aliphatic heterocycles. The van der Waals surface area contributed by atoms with E-state index in [4.69, 9.17) is 12.3 Å². The maximum atomic E-state index is 13.5. The van der Waals surface area contributed by atoms with Crippen LogP contribution in [0.5, 0.6) is 0 Å². The molecule has 32 heavy (non-hydrogen) atoms. The third-order valence-corrected chi connectivity index (χ3v) is 5.51. The first-order chi connectivity index (χ1) is 15.7. The first-order valence-corrected chi connectivity index (χ1v) is 10.0. The summed E-state index contributed by atoms with van der Waals surface area (Å²) in [5, 5.41) is 12.6. The van der Waals surface area contributed by atoms with E-state index in [1.165, 1.54) is 0 Å². The Morgan fingerprint density at radius 1 is 1.19 bits per heavy atom. The molecule has 0 bridgehead atoms. The Balaban J connectivity index is 1.41. The summed E-state index contributed by atoms with van der Waals surface area (Å²) in [5.41, 5.74) is 4.19. The number of aromatic nitrogens is 7. The highest BCUT2D eigenvalue weighted by molar-refractivity contribution is 6.36. The van der Waals surface area contributed by atoms with Gasteiger partial charge in [-0.2, -0.15) is 5.10 Å². The smallest absolute Gasteiger partial charge is 0.312 e. The lowest BCUT2D eigenvalue weighted by molar-refractivity contribution is 0.0646. The minimum atomic E-state index is -0.526. The first-order valence-electron chi connectivity index (χ1n) is 10.0. The molecule has 6 rings (SSSR count). The second-order valence-corrected chi connectivity index (χ2v) is 7.41. The molecule has 0 fully saturated rings. The van der Waals surface area contributed by atoms with Crippen molar-refractivity contribution in [1.82, 2.24) is 39.7 Å². The Morgan fingerprint density at radius 2 is 2.12 bits per heavy atom. The highest BCUT2D eigenvalue weighted by Crippen LogP contribution is 2.34. The number of amides is 1. The van der Waals surface area contributed by atoms with Gasteiger partial charge >= 0.3 is 11.8 Å². The van der Waals surface area contributed by atoms with Crippen molar-refractivity contribution >= 4 is 24.7 Å². The lowest BCUT2D eigenvalue weighted by atomic mass is 9.95. The van der Waals surface area contributed by atoms with Crippen molar-refractivity contribution in [3.8, 4) is 11.6 Å². The molecule has 1 aliphatic rings. The third kappa shape index (κ3) is 2.89. The molecular weight excluding hydrogens is 407 g/mol. The zero-order valence-corrected chi connectivity index (χ0v) is 16.7. The Hall–Kier alpha value is -4.28. The number of imidazole rings is 1. The standard InChI is InChI=1S/C21H15BN8O2/c22-12-4-3-8-30-16(12)10-15(28-30)18-17-13(24-11-25-17)6-9-29(18)21(31)20-27-26-19(32-20)14-5-1-2-7-23-14/h1-5,7-8,10-11,18H,6,9H2,(H,24,25)/t18-/m1/s1. The first kappa shape index (κ1) is 18.5. The highest BCUT2D eigenvalue weighted by atomic mass is 16.4. The number of hydrogen-bond acceptors (Lipinski definition) is 7. The summed E-state index contributed by atoms with van der Waals surface area (Å²) >= 11 is 0. The minimum Gasteiger partial charge on any atom is -0.411 e. The minimum absolute atomic E-state index is 0.113. The molecule has 1 atom stereocenters. The van der Waals surface area contributed by atoms with Gasteiger partial charge in [-0.1, -0.05) is 17.6 Å². The monoisotopic (exact) mass is 422 g/mol. The molecule has 5 aromatic rings. The summed E-state index contributed by atoms with van der Waals surface area (Å²) in [6.45, 7) is 0.434. The van der Waals surface area contributed by atoms with E-state index >= 15 is 0 Å². The fraction of sp³-hybridized carbons (Fsp3) is 0.143. The SMILES string of the molecule is [B]c1cccn2nc([C@@H]3c4nc[nH]c4CCN3C(=O)c3nnc(-c4ccccn4)o3)cc12. The number of carbonyl (C=O) groups excluding carboxylic acids is 1. The van der Waals surface area contributed by atoms with Crippen LogP contribution in [-0.4, -0.2) is 60.0 Å². The van der Waals surface area contributed by atoms with E-state index in [2.05, 4.69) is 30.2 Å². The van der Waals surface area contributed by atoms with E-state index in [1.54, 1.807) is 34.1 Å². The quantitative estimate of drug-likeness (QED) is 0.433. The molecular formula is C21H15BN8O2. The van der Waals surface area contributed by atoms with Crippen LogP contribution in [0.15, 0.2) is 59.5 Å². The molecule has 0 unspecified atom stereocenters. The third-order valence-electron chi connectivity index (χ3n) is 5.51. The van der Waals surface area contributed by atoms with Crippen LogP contribution in [0, 0.1) is 0 Å². The molecule has 6 heterocycles. The highest BCUT2D eigenvalue weighted by Gasteiger charge is 2.38. The lowest BCUT2D eigenvalue weighted by Gasteiger charge is -2.32. The van der Waals surface area contributed by atoms with Gasteiger partial charge in [0.1, 0.15) is 19.6 Å². The zero-order chi connectivity index (χ0) is 21.7. The topological polar surface area (TPSA) is 118 Å². The largest absolute Gasteiger partial charge is 0.411 e. The predicted molar refractivity (Wildman–Crippen MR) is 113 cm³/mol. The van der Waals surface area contributed by atoms with Gasteiger partial charge in [0.05, 0.1) is 23.2 Å². The van der Waals surface area contributed by atoms with Gasteiger partial charge in [-0.15, -0.1) is 10.2 Å². The molecule has 0 spiro atoms. The Bertz CT molecular complexity index is 1440. The number of hydrogen-bond donors (Lipinski definition) is 1. The van der Waals surface area contributed by atoms with Crippen molar-refractivity contribution in [2.45, 2.75) is 12.5 Å². The van der Waals surface area contributed by atoms with Gasteiger partial charge in [-0.25, -0.2) is 9.50 Å². The Morgan fingerprint density at radius 3 is 2.97 bits per heavy atom. The number of nitrogens with one attached hydrogen (secondary N) is 1. The van der Waals surface area contributed by atoms with Gasteiger partial charge in [0.15, 0.2) is 0 Å². The van der Waals surface area contributed by atoms with Crippen molar-refractivity contribution in [3.05, 3.63) is 78.1 Å². The summed E-state index contributed by atoms with van der Waals surface area (Å²) in [6, 6.07) is 10.3. The van der Waals surface area contributed by atoms with Gasteiger partial charge < -0.3 is 14.3 Å². The van der Waals surface area contributed by atoms with Crippen LogP contribution in [0.3, 0.4) is 0 Å². The zero-order valence-electron chi connectivity index (χ0n) is 16.7. The van der Waals surface area contributed by atoms with Crippen LogP contribution >= 0.6 is 0 Å².